The average Bonchev–Trinajstić information content (AvgIpc) is 2.66. The van der Waals surface area contributed by atoms with Crippen molar-refractivity contribution in [2.75, 3.05) is 6.54 Å². The number of hydrogen-bond donors (Lipinski definition) is 2. The number of nitrogens with zero attached hydrogens (tertiary/aromatic N) is 1. The summed E-state index contributed by atoms with van der Waals surface area (Å²) in [6.45, 7) is 2.36. The lowest BCUT2D eigenvalue weighted by molar-refractivity contribution is 0.0959. The number of nitrogens with one attached hydrogen (secondary N) is 2. The Hall–Kier alpha value is -3.59. The minimum absolute atomic E-state index is 0.205. The third-order valence-corrected chi connectivity index (χ3v) is 3.90. The molecule has 26 heavy (non-hydrogen) atoms. The fraction of sp³-hybridized carbons (Fsp3) is 0.150. The Labute approximate surface area is 149 Å². The number of rotatable bonds is 3. The van der Waals surface area contributed by atoms with E-state index in [0.717, 1.165) is 5.56 Å². The first-order valence-electron chi connectivity index (χ1n) is 8.19. The molecule has 6 heteroatoms. The molecule has 1 amide bonds. The van der Waals surface area contributed by atoms with Gasteiger partial charge in [-0.15, -0.1) is 0 Å². The van der Waals surface area contributed by atoms with Crippen molar-refractivity contribution in [1.82, 2.24) is 14.9 Å². The SMILES string of the molecule is CCn1c(=O)c(=O)[nH]c2cc(C(=O)NCC#Cc3ccccc3)ccc21. The molecule has 130 valence electrons. The van der Waals surface area contributed by atoms with Crippen LogP contribution < -0.4 is 16.4 Å². The monoisotopic (exact) mass is 347 g/mol. The zero-order chi connectivity index (χ0) is 18.5. The van der Waals surface area contributed by atoms with E-state index in [-0.39, 0.29) is 12.5 Å². The molecule has 0 atom stereocenters. The maximum absolute atomic E-state index is 12.3. The van der Waals surface area contributed by atoms with E-state index in [1.54, 1.807) is 25.1 Å². The summed E-state index contributed by atoms with van der Waals surface area (Å²) in [5.41, 5.74) is 0.981. The van der Waals surface area contributed by atoms with E-state index in [0.29, 0.717) is 23.1 Å². The van der Waals surface area contributed by atoms with Crippen LogP contribution in [0.1, 0.15) is 22.8 Å². The first-order valence-corrected chi connectivity index (χ1v) is 8.19. The molecule has 1 heterocycles. The van der Waals surface area contributed by atoms with Gasteiger partial charge >= 0.3 is 11.1 Å². The van der Waals surface area contributed by atoms with E-state index in [1.807, 2.05) is 30.3 Å². The highest BCUT2D eigenvalue weighted by atomic mass is 16.2. The number of aromatic amines is 1. The van der Waals surface area contributed by atoms with Gasteiger partial charge in [-0.05, 0) is 37.3 Å². The first-order chi connectivity index (χ1) is 12.6. The third-order valence-electron chi connectivity index (χ3n) is 3.90. The van der Waals surface area contributed by atoms with Crippen LogP contribution in [0.4, 0.5) is 0 Å². The standard InChI is InChI=1S/C20H17N3O3/c1-2-23-17-11-10-15(13-16(17)22-19(25)20(23)26)18(24)21-12-6-9-14-7-4-3-5-8-14/h3-5,7-8,10-11,13H,2,12H2,1H3,(H,21,24)(H,22,25). The van der Waals surface area contributed by atoms with Crippen LogP contribution >= 0.6 is 0 Å². The maximum Gasteiger partial charge on any atom is 0.316 e. The molecule has 0 bridgehead atoms. The van der Waals surface area contributed by atoms with E-state index in [4.69, 9.17) is 0 Å². The Morgan fingerprint density at radius 3 is 2.65 bits per heavy atom. The van der Waals surface area contributed by atoms with Crippen LogP contribution in [0.25, 0.3) is 11.0 Å². The van der Waals surface area contributed by atoms with Crippen molar-refractivity contribution >= 4 is 16.9 Å². The number of benzene rings is 2. The Morgan fingerprint density at radius 1 is 1.15 bits per heavy atom. The van der Waals surface area contributed by atoms with Gasteiger partial charge in [0.1, 0.15) is 0 Å². The molecule has 0 aliphatic carbocycles. The lowest BCUT2D eigenvalue weighted by Gasteiger charge is -2.08. The Bertz CT molecular complexity index is 1130. The van der Waals surface area contributed by atoms with Gasteiger partial charge in [0.15, 0.2) is 0 Å². The van der Waals surface area contributed by atoms with Gasteiger partial charge < -0.3 is 14.9 Å². The number of aryl methyl sites for hydroxylation is 1. The van der Waals surface area contributed by atoms with Crippen molar-refractivity contribution in [2.45, 2.75) is 13.5 Å². The summed E-state index contributed by atoms with van der Waals surface area (Å²) in [6.07, 6.45) is 0. The van der Waals surface area contributed by atoms with Crippen LogP contribution in [0.5, 0.6) is 0 Å². The molecule has 0 aliphatic heterocycles. The number of fused-ring (bicyclic) bond motifs is 1. The molecule has 0 spiro atoms. The van der Waals surface area contributed by atoms with Gasteiger partial charge in [-0.3, -0.25) is 14.4 Å². The van der Waals surface area contributed by atoms with E-state index in [9.17, 15) is 14.4 Å². The molecular weight excluding hydrogens is 330 g/mol. The largest absolute Gasteiger partial charge is 0.341 e. The van der Waals surface area contributed by atoms with Crippen LogP contribution in [0.15, 0.2) is 58.1 Å². The molecule has 0 saturated carbocycles. The summed E-state index contributed by atoms with van der Waals surface area (Å²) in [5, 5.41) is 2.72. The highest BCUT2D eigenvalue weighted by Crippen LogP contribution is 2.11. The zero-order valence-corrected chi connectivity index (χ0v) is 14.2. The quantitative estimate of drug-likeness (QED) is 0.556. The van der Waals surface area contributed by atoms with Crippen molar-refractivity contribution < 1.29 is 4.79 Å². The zero-order valence-electron chi connectivity index (χ0n) is 14.2. The van der Waals surface area contributed by atoms with Crippen molar-refractivity contribution in [1.29, 1.82) is 0 Å². The molecule has 2 aromatic carbocycles. The maximum atomic E-state index is 12.3. The Kier molecular flexibility index (Phi) is 4.99. The molecule has 0 unspecified atom stereocenters. The van der Waals surface area contributed by atoms with E-state index in [1.165, 1.54) is 4.57 Å². The van der Waals surface area contributed by atoms with Gasteiger partial charge in [0.25, 0.3) is 5.91 Å². The number of H-pyrrole nitrogens is 1. The molecule has 2 N–H and O–H groups in total. The van der Waals surface area contributed by atoms with E-state index >= 15 is 0 Å². The second-order valence-electron chi connectivity index (χ2n) is 5.59. The highest BCUT2D eigenvalue weighted by molar-refractivity contribution is 5.97. The molecule has 3 rings (SSSR count). The van der Waals surface area contributed by atoms with Crippen LogP contribution in [0.2, 0.25) is 0 Å². The number of aromatic nitrogens is 2. The van der Waals surface area contributed by atoms with Gasteiger partial charge in [0.2, 0.25) is 0 Å². The Morgan fingerprint density at radius 2 is 1.92 bits per heavy atom. The third kappa shape index (κ3) is 3.57. The van der Waals surface area contributed by atoms with E-state index in [2.05, 4.69) is 22.1 Å². The second kappa shape index (κ2) is 7.53. The molecule has 6 nitrogen and oxygen atoms in total. The lowest BCUT2D eigenvalue weighted by Crippen LogP contribution is -2.36. The van der Waals surface area contributed by atoms with Crippen LogP contribution in [0.3, 0.4) is 0 Å². The molecular formula is C20H17N3O3. The van der Waals surface area contributed by atoms with Gasteiger partial charge in [0, 0.05) is 17.7 Å². The summed E-state index contributed by atoms with van der Waals surface area (Å²) < 4.78 is 1.38. The summed E-state index contributed by atoms with van der Waals surface area (Å²) in [5.74, 6) is 5.55. The molecule has 3 aromatic rings. The van der Waals surface area contributed by atoms with Crippen molar-refractivity contribution in [3.05, 3.63) is 80.4 Å². The molecule has 0 saturated heterocycles. The van der Waals surface area contributed by atoms with Crippen molar-refractivity contribution in [3.8, 4) is 11.8 Å². The number of amides is 1. The van der Waals surface area contributed by atoms with E-state index < -0.39 is 11.1 Å². The predicted molar refractivity (Wildman–Crippen MR) is 100 cm³/mol. The molecule has 0 radical (unpaired) electrons. The average molecular weight is 347 g/mol. The summed E-state index contributed by atoms with van der Waals surface area (Å²) in [6, 6.07) is 14.3. The summed E-state index contributed by atoms with van der Waals surface area (Å²) in [7, 11) is 0. The number of carbonyl (C=O) groups excluding carboxylic acids is 1. The fourth-order valence-corrected chi connectivity index (χ4v) is 2.63. The van der Waals surface area contributed by atoms with Gasteiger partial charge in [0.05, 0.1) is 17.6 Å². The van der Waals surface area contributed by atoms with Crippen LogP contribution in [-0.2, 0) is 6.54 Å². The van der Waals surface area contributed by atoms with Crippen molar-refractivity contribution in [2.24, 2.45) is 0 Å². The predicted octanol–water partition coefficient (Wildman–Crippen LogP) is 1.49. The summed E-state index contributed by atoms with van der Waals surface area (Å²) in [4.78, 5) is 38.4. The topological polar surface area (TPSA) is 84.0 Å². The van der Waals surface area contributed by atoms with Crippen molar-refractivity contribution in [3.63, 3.8) is 0 Å². The normalized spacial score (nSPS) is 10.2. The van der Waals surface area contributed by atoms with Crippen LogP contribution in [0, 0.1) is 11.8 Å². The highest BCUT2D eigenvalue weighted by Gasteiger charge is 2.10. The Balaban J connectivity index is 1.79. The minimum Gasteiger partial charge on any atom is -0.341 e. The second-order valence-corrected chi connectivity index (χ2v) is 5.59. The summed E-state index contributed by atoms with van der Waals surface area (Å²) >= 11 is 0. The first kappa shape index (κ1) is 17.2. The minimum atomic E-state index is -0.703. The van der Waals surface area contributed by atoms with Crippen LogP contribution in [-0.4, -0.2) is 22.0 Å². The molecule has 0 aliphatic rings. The molecule has 1 aromatic heterocycles. The van der Waals surface area contributed by atoms with Gasteiger partial charge in [-0.2, -0.15) is 0 Å². The number of carbonyl (C=O) groups is 1. The fourth-order valence-electron chi connectivity index (χ4n) is 2.63. The lowest BCUT2D eigenvalue weighted by atomic mass is 10.1. The molecule has 0 fully saturated rings. The van der Waals surface area contributed by atoms with Gasteiger partial charge in [-0.25, -0.2) is 0 Å². The number of hydrogen-bond acceptors (Lipinski definition) is 3. The smallest absolute Gasteiger partial charge is 0.316 e. The van der Waals surface area contributed by atoms with Gasteiger partial charge in [-0.1, -0.05) is 30.0 Å².